The second-order valence-corrected chi connectivity index (χ2v) is 9.40. The molecule has 4 aliphatic rings. The fraction of sp³-hybridized carbons (Fsp3) is 0.480. The van der Waals surface area contributed by atoms with Gasteiger partial charge < -0.3 is 4.90 Å². The van der Waals surface area contributed by atoms with Gasteiger partial charge in [-0.15, -0.1) is 0 Å². The largest absolute Gasteiger partial charge is 0.371 e. The molecule has 31 heavy (non-hydrogen) atoms. The lowest BCUT2D eigenvalue weighted by Gasteiger charge is -2.37. The minimum atomic E-state index is -0.392. The third-order valence-corrected chi connectivity index (χ3v) is 7.22. The predicted octanol–water partition coefficient (Wildman–Crippen LogP) is 3.90. The Balaban J connectivity index is 1.41. The third kappa shape index (κ3) is 4.05. The molecule has 0 radical (unpaired) electrons. The number of anilines is 1. The summed E-state index contributed by atoms with van der Waals surface area (Å²) >= 11 is 5.33. The summed E-state index contributed by atoms with van der Waals surface area (Å²) in [5.41, 5.74) is 6.59. The van der Waals surface area contributed by atoms with Gasteiger partial charge in [-0.25, -0.2) is 0 Å². The van der Waals surface area contributed by atoms with Gasteiger partial charge in [0.05, 0.1) is 0 Å². The van der Waals surface area contributed by atoms with Gasteiger partial charge in [0.25, 0.3) is 11.8 Å². The average molecular weight is 436 g/mol. The topological polar surface area (TPSA) is 52.7 Å². The molecule has 1 aromatic carbocycles. The number of hydrogen-bond acceptors (Lipinski definition) is 4. The highest BCUT2D eigenvalue weighted by Crippen LogP contribution is 2.36. The standard InChI is InChI=1S/C25H29N3O2S/c29-23-21(24(30)28(25(31)26-23)13-10-17-6-2-1-3-7-17)16-18-14-19-8-4-11-27-12-5-9-20(15-18)22(19)27/h6,14-16H,1-5,7-13H2,(H,26,29,31)/b21-16-. The van der Waals surface area contributed by atoms with Crippen LogP contribution >= 0.6 is 12.2 Å². The Kier molecular flexibility index (Phi) is 5.65. The van der Waals surface area contributed by atoms with E-state index in [0.29, 0.717) is 6.54 Å². The summed E-state index contributed by atoms with van der Waals surface area (Å²) < 4.78 is 0. The molecule has 0 atom stereocenters. The van der Waals surface area contributed by atoms with Crippen LogP contribution in [0.25, 0.3) is 6.08 Å². The SMILES string of the molecule is O=C1NC(=S)N(CCC2=CCCCC2)C(=O)/C1=C\c1cc2c3c(c1)CCCN3CCC2. The molecule has 1 aliphatic carbocycles. The molecule has 6 heteroatoms. The van der Waals surface area contributed by atoms with Crippen LogP contribution in [-0.2, 0) is 22.4 Å². The number of aryl methyl sites for hydroxylation is 2. The molecule has 1 saturated heterocycles. The normalized spacial score (nSPS) is 22.4. The zero-order chi connectivity index (χ0) is 21.4. The minimum Gasteiger partial charge on any atom is -0.371 e. The molecular weight excluding hydrogens is 406 g/mol. The molecular formula is C25H29N3O2S. The maximum atomic E-state index is 13.2. The number of allylic oxidation sites excluding steroid dienone is 1. The van der Waals surface area contributed by atoms with Crippen LogP contribution in [0.15, 0.2) is 29.4 Å². The number of hydrogen-bond donors (Lipinski definition) is 1. The fourth-order valence-corrected chi connectivity index (χ4v) is 5.63. The third-order valence-electron chi connectivity index (χ3n) is 6.89. The molecule has 0 bridgehead atoms. The van der Waals surface area contributed by atoms with Crippen LogP contribution in [-0.4, -0.2) is 41.5 Å². The van der Waals surface area contributed by atoms with Gasteiger partial charge in [0.1, 0.15) is 5.57 Å². The van der Waals surface area contributed by atoms with Crippen LogP contribution < -0.4 is 10.2 Å². The summed E-state index contributed by atoms with van der Waals surface area (Å²) in [6, 6.07) is 4.32. The Morgan fingerprint density at radius 1 is 1.00 bits per heavy atom. The van der Waals surface area contributed by atoms with Crippen molar-refractivity contribution >= 4 is 40.9 Å². The Morgan fingerprint density at radius 3 is 2.42 bits per heavy atom. The van der Waals surface area contributed by atoms with Crippen LogP contribution in [0, 0.1) is 0 Å². The van der Waals surface area contributed by atoms with E-state index in [0.717, 1.165) is 63.6 Å². The van der Waals surface area contributed by atoms with Crippen molar-refractivity contribution in [2.45, 2.75) is 57.8 Å². The molecule has 2 amide bonds. The number of benzene rings is 1. The number of amides is 2. The van der Waals surface area contributed by atoms with Gasteiger partial charge in [-0.2, -0.15) is 0 Å². The highest BCUT2D eigenvalue weighted by atomic mass is 32.1. The second kappa shape index (κ2) is 8.58. The number of carbonyl (C=O) groups excluding carboxylic acids is 2. The molecule has 0 aromatic heterocycles. The summed E-state index contributed by atoms with van der Waals surface area (Å²) in [5.74, 6) is -0.672. The van der Waals surface area contributed by atoms with Crippen molar-refractivity contribution in [2.24, 2.45) is 0 Å². The Labute approximate surface area is 189 Å². The summed E-state index contributed by atoms with van der Waals surface area (Å²) in [5, 5.41) is 2.95. The Hall–Kier alpha value is -2.47. The highest BCUT2D eigenvalue weighted by molar-refractivity contribution is 7.80. The van der Waals surface area contributed by atoms with Gasteiger partial charge in [-0.05, 0) is 105 Å². The first-order valence-electron chi connectivity index (χ1n) is 11.6. The van der Waals surface area contributed by atoms with E-state index in [1.165, 1.54) is 35.2 Å². The smallest absolute Gasteiger partial charge is 0.265 e. The van der Waals surface area contributed by atoms with Crippen molar-refractivity contribution in [3.8, 4) is 0 Å². The first kappa shape index (κ1) is 20.4. The summed E-state index contributed by atoms with van der Waals surface area (Å²) in [4.78, 5) is 29.9. The maximum Gasteiger partial charge on any atom is 0.265 e. The van der Waals surface area contributed by atoms with Crippen molar-refractivity contribution in [3.05, 3.63) is 46.0 Å². The molecule has 3 aliphatic heterocycles. The second-order valence-electron chi connectivity index (χ2n) is 9.01. The van der Waals surface area contributed by atoms with Crippen LogP contribution in [0.3, 0.4) is 0 Å². The molecule has 3 heterocycles. The monoisotopic (exact) mass is 435 g/mol. The van der Waals surface area contributed by atoms with Gasteiger partial charge in [-0.1, -0.05) is 11.6 Å². The van der Waals surface area contributed by atoms with E-state index in [4.69, 9.17) is 12.2 Å². The van der Waals surface area contributed by atoms with Gasteiger partial charge in [0.15, 0.2) is 5.11 Å². The van der Waals surface area contributed by atoms with Crippen molar-refractivity contribution in [1.29, 1.82) is 0 Å². The Bertz CT molecular complexity index is 979. The van der Waals surface area contributed by atoms with E-state index in [1.807, 2.05) is 0 Å². The lowest BCUT2D eigenvalue weighted by atomic mass is 9.89. The molecule has 0 saturated carbocycles. The first-order valence-corrected chi connectivity index (χ1v) is 12.0. The van der Waals surface area contributed by atoms with Gasteiger partial charge in [-0.3, -0.25) is 19.8 Å². The van der Waals surface area contributed by atoms with Crippen LogP contribution in [0.1, 0.15) is 61.6 Å². The van der Waals surface area contributed by atoms with Gasteiger partial charge in [0, 0.05) is 25.3 Å². The quantitative estimate of drug-likeness (QED) is 0.337. The van der Waals surface area contributed by atoms with Gasteiger partial charge >= 0.3 is 0 Å². The number of nitrogens with one attached hydrogen (secondary N) is 1. The minimum absolute atomic E-state index is 0.182. The number of nitrogens with zero attached hydrogens (tertiary/aromatic N) is 2. The molecule has 1 aromatic rings. The number of carbonyl (C=O) groups is 2. The van der Waals surface area contributed by atoms with E-state index in [9.17, 15) is 9.59 Å². The zero-order valence-corrected chi connectivity index (χ0v) is 18.7. The van der Waals surface area contributed by atoms with Crippen molar-refractivity contribution in [2.75, 3.05) is 24.5 Å². The molecule has 0 unspecified atom stereocenters. The van der Waals surface area contributed by atoms with Gasteiger partial charge in [0.2, 0.25) is 0 Å². The molecule has 0 spiro atoms. The van der Waals surface area contributed by atoms with Crippen molar-refractivity contribution in [1.82, 2.24) is 10.2 Å². The van der Waals surface area contributed by atoms with Crippen molar-refractivity contribution in [3.63, 3.8) is 0 Å². The zero-order valence-electron chi connectivity index (χ0n) is 17.9. The lowest BCUT2D eigenvalue weighted by molar-refractivity contribution is -0.128. The lowest BCUT2D eigenvalue weighted by Crippen LogP contribution is -2.54. The van der Waals surface area contributed by atoms with E-state index in [1.54, 1.807) is 11.0 Å². The number of thiocarbonyl (C=S) groups is 1. The van der Waals surface area contributed by atoms with E-state index in [2.05, 4.69) is 28.4 Å². The Morgan fingerprint density at radius 2 is 1.74 bits per heavy atom. The summed E-state index contributed by atoms with van der Waals surface area (Å²) in [7, 11) is 0. The maximum absolute atomic E-state index is 13.2. The fourth-order valence-electron chi connectivity index (χ4n) is 5.36. The van der Waals surface area contributed by atoms with E-state index < -0.39 is 5.91 Å². The van der Waals surface area contributed by atoms with Crippen LogP contribution in [0.5, 0.6) is 0 Å². The highest BCUT2D eigenvalue weighted by Gasteiger charge is 2.33. The molecule has 162 valence electrons. The molecule has 5 nitrogen and oxygen atoms in total. The molecule has 5 rings (SSSR count). The molecule has 1 fully saturated rings. The van der Waals surface area contributed by atoms with Crippen molar-refractivity contribution < 1.29 is 9.59 Å². The molecule has 1 N–H and O–H groups in total. The predicted molar refractivity (Wildman–Crippen MR) is 127 cm³/mol. The van der Waals surface area contributed by atoms with E-state index >= 15 is 0 Å². The van der Waals surface area contributed by atoms with Crippen LogP contribution in [0.2, 0.25) is 0 Å². The average Bonchev–Trinajstić information content (AvgIpc) is 2.77. The number of rotatable bonds is 4. The first-order chi connectivity index (χ1) is 15.1. The summed E-state index contributed by atoms with van der Waals surface area (Å²) in [6.07, 6.45) is 14.0. The summed E-state index contributed by atoms with van der Waals surface area (Å²) in [6.45, 7) is 2.78. The van der Waals surface area contributed by atoms with E-state index in [-0.39, 0.29) is 16.6 Å². The van der Waals surface area contributed by atoms with Crippen LogP contribution in [0.4, 0.5) is 5.69 Å².